The maximum absolute atomic E-state index is 11.7. The molecule has 1 saturated carbocycles. The molecule has 5 heteroatoms. The molecule has 0 aromatic carbocycles. The summed E-state index contributed by atoms with van der Waals surface area (Å²) in [6.45, 7) is 4.05. The molecule has 0 spiro atoms. The first-order valence-electron chi connectivity index (χ1n) is 6.65. The molecule has 1 aliphatic rings. The molecule has 1 unspecified atom stereocenters. The lowest BCUT2D eigenvalue weighted by molar-refractivity contribution is -0.167. The smallest absolute Gasteiger partial charge is 0.335 e. The maximum Gasteiger partial charge on any atom is 0.335 e. The molecule has 104 valence electrons. The molecular formula is C13H22O5. The van der Waals surface area contributed by atoms with Crippen molar-refractivity contribution < 1.29 is 23.8 Å². The monoisotopic (exact) mass is 258 g/mol. The van der Waals surface area contributed by atoms with Gasteiger partial charge < -0.3 is 14.2 Å². The summed E-state index contributed by atoms with van der Waals surface area (Å²) in [5.74, 6) is -0.897. The van der Waals surface area contributed by atoms with Crippen molar-refractivity contribution >= 4 is 11.9 Å². The van der Waals surface area contributed by atoms with E-state index in [4.69, 9.17) is 14.2 Å². The molecule has 0 saturated heterocycles. The van der Waals surface area contributed by atoms with E-state index in [-0.39, 0.29) is 19.1 Å². The second-order valence-electron chi connectivity index (χ2n) is 4.29. The van der Waals surface area contributed by atoms with Gasteiger partial charge in [0.05, 0.1) is 25.7 Å². The van der Waals surface area contributed by atoms with Gasteiger partial charge in [0.1, 0.15) is 0 Å². The van der Waals surface area contributed by atoms with Crippen molar-refractivity contribution in [1.82, 2.24) is 0 Å². The maximum atomic E-state index is 11.7. The minimum atomic E-state index is -0.827. The van der Waals surface area contributed by atoms with E-state index in [0.29, 0.717) is 6.61 Å². The predicted octanol–water partition coefficient (Wildman–Crippen LogP) is 1.83. The molecule has 0 aliphatic heterocycles. The number of carbonyl (C=O) groups excluding carboxylic acids is 2. The Morgan fingerprint density at radius 2 is 1.72 bits per heavy atom. The summed E-state index contributed by atoms with van der Waals surface area (Å²) in [6.07, 6.45) is 3.28. The van der Waals surface area contributed by atoms with Crippen LogP contribution in [0.25, 0.3) is 0 Å². The normalized spacial score (nSPS) is 17.4. The fraction of sp³-hybridized carbons (Fsp3) is 0.846. The third-order valence-electron chi connectivity index (χ3n) is 2.87. The molecule has 0 bridgehead atoms. The van der Waals surface area contributed by atoms with E-state index in [1.807, 2.05) is 0 Å². The Morgan fingerprint density at radius 3 is 2.28 bits per heavy atom. The molecule has 0 amide bonds. The van der Waals surface area contributed by atoms with E-state index in [2.05, 4.69) is 0 Å². The summed E-state index contributed by atoms with van der Waals surface area (Å²) in [5, 5.41) is 0. The molecule has 1 atom stereocenters. The topological polar surface area (TPSA) is 61.8 Å². The second kappa shape index (κ2) is 8.08. The summed E-state index contributed by atoms with van der Waals surface area (Å²) >= 11 is 0. The molecule has 0 aromatic rings. The Kier molecular flexibility index (Phi) is 6.72. The highest BCUT2D eigenvalue weighted by Crippen LogP contribution is 2.23. The Hall–Kier alpha value is -1.10. The Labute approximate surface area is 108 Å². The lowest BCUT2D eigenvalue weighted by Gasteiger charge is -2.19. The van der Waals surface area contributed by atoms with Crippen molar-refractivity contribution in [3.05, 3.63) is 0 Å². The summed E-state index contributed by atoms with van der Waals surface area (Å²) in [7, 11) is 0. The van der Waals surface area contributed by atoms with Crippen LogP contribution in [-0.2, 0) is 23.8 Å². The summed E-state index contributed by atoms with van der Waals surface area (Å²) < 4.78 is 15.4. The van der Waals surface area contributed by atoms with Gasteiger partial charge in [-0.05, 0) is 26.7 Å². The van der Waals surface area contributed by atoms with Crippen LogP contribution in [0.15, 0.2) is 0 Å². The zero-order valence-corrected chi connectivity index (χ0v) is 11.1. The fourth-order valence-electron chi connectivity index (χ4n) is 2.05. The summed E-state index contributed by atoms with van der Waals surface area (Å²) in [4.78, 5) is 23.1. The molecule has 1 rings (SSSR count). The molecule has 18 heavy (non-hydrogen) atoms. The summed E-state index contributed by atoms with van der Waals surface area (Å²) in [6, 6.07) is 0. The van der Waals surface area contributed by atoms with Crippen molar-refractivity contribution in [3.63, 3.8) is 0 Å². The van der Waals surface area contributed by atoms with Crippen LogP contribution in [0, 0.1) is 0 Å². The second-order valence-corrected chi connectivity index (χ2v) is 4.29. The number of rotatable bonds is 7. The Balaban J connectivity index is 2.50. The third kappa shape index (κ3) is 5.04. The van der Waals surface area contributed by atoms with Crippen molar-refractivity contribution in [3.8, 4) is 0 Å². The Bertz CT molecular complexity index is 271. The van der Waals surface area contributed by atoms with Crippen LogP contribution in [0.1, 0.15) is 46.0 Å². The zero-order chi connectivity index (χ0) is 13.4. The standard InChI is InChI=1S/C13H22O5/c1-3-16-12(14)9-11(13(15)17-4-2)18-10-7-5-6-8-10/h10-11H,3-9H2,1-2H3. The van der Waals surface area contributed by atoms with Crippen LogP contribution in [0.3, 0.4) is 0 Å². The highest BCUT2D eigenvalue weighted by atomic mass is 16.6. The first-order chi connectivity index (χ1) is 8.67. The van der Waals surface area contributed by atoms with E-state index in [1.54, 1.807) is 13.8 Å². The quantitative estimate of drug-likeness (QED) is 0.652. The first kappa shape index (κ1) is 15.0. The molecule has 0 heterocycles. The molecule has 5 nitrogen and oxygen atoms in total. The SMILES string of the molecule is CCOC(=O)CC(OC1CCCC1)C(=O)OCC. The zero-order valence-electron chi connectivity index (χ0n) is 11.1. The van der Waals surface area contributed by atoms with Crippen LogP contribution in [-0.4, -0.2) is 37.4 Å². The van der Waals surface area contributed by atoms with E-state index in [9.17, 15) is 9.59 Å². The average Bonchev–Trinajstić information content (AvgIpc) is 2.81. The number of ether oxygens (including phenoxy) is 3. The molecule has 1 fully saturated rings. The van der Waals surface area contributed by atoms with Gasteiger partial charge in [-0.15, -0.1) is 0 Å². The molecule has 0 aromatic heterocycles. The van der Waals surface area contributed by atoms with Gasteiger partial charge in [0.15, 0.2) is 6.10 Å². The third-order valence-corrected chi connectivity index (χ3v) is 2.87. The van der Waals surface area contributed by atoms with Gasteiger partial charge in [0.25, 0.3) is 0 Å². The van der Waals surface area contributed by atoms with Crippen LogP contribution in [0.4, 0.5) is 0 Å². The molecule has 1 aliphatic carbocycles. The van der Waals surface area contributed by atoms with Crippen LogP contribution in [0.2, 0.25) is 0 Å². The van der Waals surface area contributed by atoms with Crippen molar-refractivity contribution in [1.29, 1.82) is 0 Å². The lowest BCUT2D eigenvalue weighted by atomic mass is 10.2. The first-order valence-corrected chi connectivity index (χ1v) is 6.65. The van der Waals surface area contributed by atoms with Crippen LogP contribution >= 0.6 is 0 Å². The number of hydrogen-bond acceptors (Lipinski definition) is 5. The lowest BCUT2D eigenvalue weighted by Crippen LogP contribution is -2.33. The molecular weight excluding hydrogens is 236 g/mol. The Morgan fingerprint density at radius 1 is 1.11 bits per heavy atom. The van der Waals surface area contributed by atoms with Gasteiger partial charge in [0, 0.05) is 0 Å². The number of carbonyl (C=O) groups is 2. The van der Waals surface area contributed by atoms with E-state index in [1.165, 1.54) is 0 Å². The predicted molar refractivity (Wildman–Crippen MR) is 65.0 cm³/mol. The van der Waals surface area contributed by atoms with E-state index >= 15 is 0 Å². The van der Waals surface area contributed by atoms with Crippen LogP contribution in [0.5, 0.6) is 0 Å². The molecule has 0 N–H and O–H groups in total. The fourth-order valence-corrected chi connectivity index (χ4v) is 2.05. The number of esters is 2. The largest absolute Gasteiger partial charge is 0.466 e. The van der Waals surface area contributed by atoms with Gasteiger partial charge in [-0.25, -0.2) is 4.79 Å². The minimum absolute atomic E-state index is 0.0637. The van der Waals surface area contributed by atoms with Crippen molar-refractivity contribution in [2.75, 3.05) is 13.2 Å². The van der Waals surface area contributed by atoms with Crippen molar-refractivity contribution in [2.45, 2.75) is 58.2 Å². The van der Waals surface area contributed by atoms with Gasteiger partial charge in [-0.2, -0.15) is 0 Å². The average molecular weight is 258 g/mol. The summed E-state index contributed by atoms with van der Waals surface area (Å²) in [5.41, 5.74) is 0. The highest BCUT2D eigenvalue weighted by molar-refractivity contribution is 5.81. The van der Waals surface area contributed by atoms with E-state index < -0.39 is 18.0 Å². The van der Waals surface area contributed by atoms with Gasteiger partial charge in [-0.3, -0.25) is 4.79 Å². The number of hydrogen-bond donors (Lipinski definition) is 0. The van der Waals surface area contributed by atoms with E-state index in [0.717, 1.165) is 25.7 Å². The van der Waals surface area contributed by atoms with Gasteiger partial charge in [0.2, 0.25) is 0 Å². The van der Waals surface area contributed by atoms with Gasteiger partial charge in [-0.1, -0.05) is 12.8 Å². The van der Waals surface area contributed by atoms with Crippen molar-refractivity contribution in [2.24, 2.45) is 0 Å². The van der Waals surface area contributed by atoms with Crippen LogP contribution < -0.4 is 0 Å². The van der Waals surface area contributed by atoms with Gasteiger partial charge >= 0.3 is 11.9 Å². The molecule has 0 radical (unpaired) electrons. The minimum Gasteiger partial charge on any atom is -0.466 e. The highest BCUT2D eigenvalue weighted by Gasteiger charge is 2.29.